The van der Waals surface area contributed by atoms with Crippen LogP contribution in [0.1, 0.15) is 45.6 Å². The average molecular weight is 267 g/mol. The molecule has 0 radical (unpaired) electrons. The molecule has 1 saturated carbocycles. The number of nitrogens with one attached hydrogen (secondary N) is 1. The third-order valence-corrected chi connectivity index (χ3v) is 4.96. The molecule has 4 heteroatoms. The minimum Gasteiger partial charge on any atom is -0.208 e. The van der Waals surface area contributed by atoms with Crippen LogP contribution in [0.25, 0.3) is 0 Å². The van der Waals surface area contributed by atoms with E-state index in [1.807, 2.05) is 12.1 Å². The Hall–Kier alpha value is -0.870. The highest BCUT2D eigenvalue weighted by Crippen LogP contribution is 2.26. The van der Waals surface area contributed by atoms with Gasteiger partial charge in [-0.3, -0.25) is 0 Å². The predicted octanol–water partition coefficient (Wildman–Crippen LogP) is 2.81. The molecule has 0 saturated heterocycles. The number of sulfonamides is 1. The molecule has 1 fully saturated rings. The number of hydrogen-bond acceptors (Lipinski definition) is 2. The van der Waals surface area contributed by atoms with Crippen molar-refractivity contribution in [1.82, 2.24) is 4.72 Å². The summed E-state index contributed by atoms with van der Waals surface area (Å²) in [5.74, 6) is 0. The Bertz CT molecular complexity index is 525. The summed E-state index contributed by atoms with van der Waals surface area (Å²) in [6.07, 6.45) is 3.03. The molecule has 1 aromatic rings. The molecule has 0 unspecified atom stereocenters. The Balaban J connectivity index is 2.27. The molecule has 0 heterocycles. The topological polar surface area (TPSA) is 46.2 Å². The summed E-state index contributed by atoms with van der Waals surface area (Å²) in [5.41, 5.74) is 1.00. The molecule has 0 atom stereocenters. The fraction of sp³-hybridized carbons (Fsp3) is 0.571. The molecule has 1 aliphatic rings. The largest absolute Gasteiger partial charge is 0.240 e. The Labute approximate surface area is 110 Å². The Morgan fingerprint density at radius 3 is 2.39 bits per heavy atom. The molecule has 0 bridgehead atoms. The van der Waals surface area contributed by atoms with E-state index in [4.69, 9.17) is 0 Å². The molecule has 1 aliphatic carbocycles. The van der Waals surface area contributed by atoms with E-state index in [0.29, 0.717) is 4.90 Å². The quantitative estimate of drug-likeness (QED) is 0.915. The molecule has 0 amide bonds. The Morgan fingerprint density at radius 1 is 1.22 bits per heavy atom. The van der Waals surface area contributed by atoms with Crippen molar-refractivity contribution in [2.75, 3.05) is 0 Å². The van der Waals surface area contributed by atoms with Gasteiger partial charge in [0.1, 0.15) is 0 Å². The van der Waals surface area contributed by atoms with Gasteiger partial charge in [0.2, 0.25) is 10.0 Å². The lowest BCUT2D eigenvalue weighted by molar-refractivity contribution is 0.383. The molecule has 0 aliphatic heterocycles. The molecule has 0 aromatic heterocycles. The molecular formula is C14H21NO2S. The molecular weight excluding hydrogens is 246 g/mol. The van der Waals surface area contributed by atoms with Gasteiger partial charge in [-0.1, -0.05) is 39.3 Å². The van der Waals surface area contributed by atoms with Crippen molar-refractivity contribution < 1.29 is 8.42 Å². The van der Waals surface area contributed by atoms with Crippen molar-refractivity contribution in [3.63, 3.8) is 0 Å². The average Bonchev–Trinajstić information content (AvgIpc) is 2.23. The first kappa shape index (κ1) is 13.6. The summed E-state index contributed by atoms with van der Waals surface area (Å²) in [5, 5.41) is 0. The normalized spacial score (nSPS) is 17.5. The van der Waals surface area contributed by atoms with E-state index in [-0.39, 0.29) is 11.5 Å². The van der Waals surface area contributed by atoms with E-state index in [0.717, 1.165) is 24.8 Å². The first-order chi connectivity index (χ1) is 8.29. The highest BCUT2D eigenvalue weighted by Gasteiger charge is 2.25. The van der Waals surface area contributed by atoms with E-state index in [9.17, 15) is 8.42 Å². The maximum atomic E-state index is 12.2. The zero-order valence-electron chi connectivity index (χ0n) is 11.2. The summed E-state index contributed by atoms with van der Waals surface area (Å²) in [7, 11) is -3.35. The van der Waals surface area contributed by atoms with E-state index >= 15 is 0 Å². The summed E-state index contributed by atoms with van der Waals surface area (Å²) in [4.78, 5) is 0.377. The van der Waals surface area contributed by atoms with Crippen LogP contribution in [0.15, 0.2) is 29.2 Å². The van der Waals surface area contributed by atoms with Crippen molar-refractivity contribution in [1.29, 1.82) is 0 Å². The van der Waals surface area contributed by atoms with Crippen LogP contribution in [-0.4, -0.2) is 14.5 Å². The lowest BCUT2D eigenvalue weighted by atomic mass is 9.87. The second-order valence-corrected chi connectivity index (χ2v) is 7.74. The Morgan fingerprint density at radius 2 is 1.89 bits per heavy atom. The van der Waals surface area contributed by atoms with E-state index < -0.39 is 10.0 Å². The third kappa shape index (κ3) is 2.93. The van der Waals surface area contributed by atoms with Gasteiger partial charge in [-0.05, 0) is 36.0 Å². The Kier molecular flexibility index (Phi) is 3.52. The zero-order chi connectivity index (χ0) is 13.4. The van der Waals surface area contributed by atoms with Gasteiger partial charge in [0.25, 0.3) is 0 Å². The van der Waals surface area contributed by atoms with Gasteiger partial charge >= 0.3 is 0 Å². The summed E-state index contributed by atoms with van der Waals surface area (Å²) >= 11 is 0. The van der Waals surface area contributed by atoms with Gasteiger partial charge in [-0.2, -0.15) is 0 Å². The SMILES string of the molecule is CC(C)(C)c1cccc(S(=O)(=O)NC2CCC2)c1. The van der Waals surface area contributed by atoms with Crippen molar-refractivity contribution >= 4 is 10.0 Å². The smallest absolute Gasteiger partial charge is 0.208 e. The number of benzene rings is 1. The summed E-state index contributed by atoms with van der Waals surface area (Å²) < 4.78 is 27.2. The second kappa shape index (κ2) is 4.67. The van der Waals surface area contributed by atoms with Gasteiger partial charge in [0.15, 0.2) is 0 Å². The number of hydrogen-bond donors (Lipinski definition) is 1. The van der Waals surface area contributed by atoms with Gasteiger partial charge in [0, 0.05) is 6.04 Å². The van der Waals surface area contributed by atoms with Crippen LogP contribution in [0.4, 0.5) is 0 Å². The monoisotopic (exact) mass is 267 g/mol. The zero-order valence-corrected chi connectivity index (χ0v) is 12.0. The molecule has 1 N–H and O–H groups in total. The molecule has 2 rings (SSSR count). The number of rotatable bonds is 3. The second-order valence-electron chi connectivity index (χ2n) is 6.03. The molecule has 18 heavy (non-hydrogen) atoms. The van der Waals surface area contributed by atoms with Gasteiger partial charge < -0.3 is 0 Å². The highest BCUT2D eigenvalue weighted by atomic mass is 32.2. The minimum absolute atomic E-state index is 0.0397. The van der Waals surface area contributed by atoms with E-state index in [1.165, 1.54) is 0 Å². The fourth-order valence-corrected chi connectivity index (χ4v) is 3.29. The van der Waals surface area contributed by atoms with Crippen LogP contribution in [0.5, 0.6) is 0 Å². The maximum Gasteiger partial charge on any atom is 0.240 e. The predicted molar refractivity (Wildman–Crippen MR) is 73.1 cm³/mol. The first-order valence-corrected chi connectivity index (χ1v) is 7.90. The molecule has 0 spiro atoms. The van der Waals surface area contributed by atoms with Crippen LogP contribution < -0.4 is 4.72 Å². The van der Waals surface area contributed by atoms with Crippen LogP contribution in [0.3, 0.4) is 0 Å². The summed E-state index contributed by atoms with van der Waals surface area (Å²) in [6.45, 7) is 6.24. The molecule has 3 nitrogen and oxygen atoms in total. The van der Waals surface area contributed by atoms with Crippen molar-refractivity contribution in [2.45, 2.75) is 56.4 Å². The van der Waals surface area contributed by atoms with Crippen molar-refractivity contribution in [3.8, 4) is 0 Å². The lowest BCUT2D eigenvalue weighted by Gasteiger charge is -2.26. The third-order valence-electron chi connectivity index (χ3n) is 3.44. The van der Waals surface area contributed by atoms with Crippen LogP contribution >= 0.6 is 0 Å². The van der Waals surface area contributed by atoms with Crippen LogP contribution in [0.2, 0.25) is 0 Å². The standard InChI is InChI=1S/C14H21NO2S/c1-14(2,3)11-6-4-9-13(10-11)18(16,17)15-12-7-5-8-12/h4,6,9-10,12,15H,5,7-8H2,1-3H3. The van der Waals surface area contributed by atoms with Gasteiger partial charge in [-0.15, -0.1) is 0 Å². The van der Waals surface area contributed by atoms with E-state index in [1.54, 1.807) is 12.1 Å². The highest BCUT2D eigenvalue weighted by molar-refractivity contribution is 7.89. The molecule has 100 valence electrons. The molecule has 1 aromatic carbocycles. The minimum atomic E-state index is -3.35. The maximum absolute atomic E-state index is 12.2. The summed E-state index contributed by atoms with van der Waals surface area (Å²) in [6, 6.07) is 7.36. The fourth-order valence-electron chi connectivity index (χ4n) is 1.94. The van der Waals surface area contributed by atoms with Gasteiger partial charge in [-0.25, -0.2) is 13.1 Å². The van der Waals surface area contributed by atoms with E-state index in [2.05, 4.69) is 25.5 Å². The van der Waals surface area contributed by atoms with Gasteiger partial charge in [0.05, 0.1) is 4.90 Å². The van der Waals surface area contributed by atoms with Crippen LogP contribution in [0, 0.1) is 0 Å². The van der Waals surface area contributed by atoms with Crippen molar-refractivity contribution in [3.05, 3.63) is 29.8 Å². The van der Waals surface area contributed by atoms with Crippen LogP contribution in [-0.2, 0) is 15.4 Å². The lowest BCUT2D eigenvalue weighted by Crippen LogP contribution is -2.39. The first-order valence-electron chi connectivity index (χ1n) is 6.42. The van der Waals surface area contributed by atoms with Crippen molar-refractivity contribution in [2.24, 2.45) is 0 Å².